The lowest BCUT2D eigenvalue weighted by Gasteiger charge is -2.30. The molecule has 2 aliphatic rings. The lowest BCUT2D eigenvalue weighted by molar-refractivity contribution is -0.181. The zero-order valence-corrected chi connectivity index (χ0v) is 20.9. The summed E-state index contributed by atoms with van der Waals surface area (Å²) in [5, 5.41) is 5.80. The summed E-state index contributed by atoms with van der Waals surface area (Å²) in [6.45, 7) is 6.74. The van der Waals surface area contributed by atoms with Crippen LogP contribution < -0.4 is 10.6 Å². The molecular weight excluding hydrogens is 487 g/mol. The van der Waals surface area contributed by atoms with E-state index in [1.165, 1.54) is 12.3 Å². The summed E-state index contributed by atoms with van der Waals surface area (Å²) >= 11 is 0. The Morgan fingerprint density at radius 1 is 1.22 bits per heavy atom. The number of amides is 1. The number of rotatable bonds is 9. The molecule has 2 fully saturated rings. The van der Waals surface area contributed by atoms with Gasteiger partial charge in [0.15, 0.2) is 5.79 Å². The van der Waals surface area contributed by atoms with E-state index in [1.54, 1.807) is 12.3 Å². The van der Waals surface area contributed by atoms with E-state index in [1.807, 2.05) is 26.8 Å². The molecule has 3 heterocycles. The van der Waals surface area contributed by atoms with Crippen molar-refractivity contribution >= 4 is 23.6 Å². The zero-order valence-electron chi connectivity index (χ0n) is 20.9. The minimum Gasteiger partial charge on any atom is -0.351 e. The number of aryl methyl sites for hydroxylation is 1. The molecule has 8 nitrogen and oxygen atoms in total. The van der Waals surface area contributed by atoms with E-state index in [0.717, 1.165) is 36.4 Å². The van der Waals surface area contributed by atoms with E-state index in [0.29, 0.717) is 24.5 Å². The Labute approximate surface area is 213 Å². The predicted octanol–water partition coefficient (Wildman–Crippen LogP) is 5.07. The Bertz CT molecular complexity index is 1170. The van der Waals surface area contributed by atoms with Gasteiger partial charge in [-0.05, 0) is 50.0 Å². The molecule has 1 aliphatic heterocycles. The molecule has 0 unspecified atom stereocenters. The number of hydrogen-bond donors (Lipinski definition) is 2. The first-order valence-corrected chi connectivity index (χ1v) is 12.1. The summed E-state index contributed by atoms with van der Waals surface area (Å²) in [6, 6.07) is 4.09. The van der Waals surface area contributed by atoms with Crippen LogP contribution in [0.15, 0.2) is 47.2 Å². The molecule has 0 atom stereocenters. The average molecular weight is 518 g/mol. The molecule has 0 radical (unpaired) electrons. The van der Waals surface area contributed by atoms with Crippen molar-refractivity contribution in [2.75, 3.05) is 30.5 Å². The van der Waals surface area contributed by atoms with Crippen molar-refractivity contribution in [3.63, 3.8) is 0 Å². The normalized spacial score (nSPS) is 18.0. The second-order valence-corrected chi connectivity index (χ2v) is 9.34. The van der Waals surface area contributed by atoms with Gasteiger partial charge in [0.2, 0.25) is 0 Å². The third-order valence-electron chi connectivity index (χ3n) is 6.18. The second-order valence-electron chi connectivity index (χ2n) is 9.34. The van der Waals surface area contributed by atoms with Crippen LogP contribution in [0.3, 0.4) is 0 Å². The number of carbonyl (C=O) groups is 1. The van der Waals surface area contributed by atoms with E-state index in [4.69, 9.17) is 9.47 Å². The lowest BCUT2D eigenvalue weighted by atomic mass is 9.98. The van der Waals surface area contributed by atoms with Gasteiger partial charge in [-0.15, -0.1) is 0 Å². The molecule has 198 valence electrons. The first-order valence-electron chi connectivity index (χ1n) is 12.1. The first kappa shape index (κ1) is 26.7. The largest absolute Gasteiger partial charge is 0.417 e. The molecule has 1 amide bonds. The van der Waals surface area contributed by atoms with Gasteiger partial charge in [0, 0.05) is 35.2 Å². The SMILES string of the molecule is Cc1cc(C2(C3CC3)OCCO2)c(NC(=O)/C(=C/C=NCNc2ccc(C(F)(F)F)cn2)C(C)C)cn1. The Balaban J connectivity index is 1.43. The van der Waals surface area contributed by atoms with Crippen molar-refractivity contribution in [2.24, 2.45) is 16.8 Å². The molecule has 2 aromatic rings. The van der Waals surface area contributed by atoms with Gasteiger partial charge in [-0.1, -0.05) is 13.8 Å². The van der Waals surface area contributed by atoms with Gasteiger partial charge in [-0.25, -0.2) is 4.98 Å². The van der Waals surface area contributed by atoms with Crippen LogP contribution in [0.2, 0.25) is 0 Å². The minimum atomic E-state index is -4.44. The maximum absolute atomic E-state index is 13.2. The summed E-state index contributed by atoms with van der Waals surface area (Å²) in [5.74, 6) is -0.760. The molecular formula is C26H30F3N5O3. The van der Waals surface area contributed by atoms with Crippen molar-refractivity contribution in [3.05, 3.63) is 59.1 Å². The van der Waals surface area contributed by atoms with Crippen LogP contribution >= 0.6 is 0 Å². The van der Waals surface area contributed by atoms with Gasteiger partial charge in [0.25, 0.3) is 5.91 Å². The molecule has 0 bridgehead atoms. The third-order valence-corrected chi connectivity index (χ3v) is 6.18. The smallest absolute Gasteiger partial charge is 0.351 e. The monoisotopic (exact) mass is 517 g/mol. The fraction of sp³-hybridized carbons (Fsp3) is 0.462. The number of aromatic nitrogens is 2. The third kappa shape index (κ3) is 6.34. The first-order chi connectivity index (χ1) is 17.6. The number of hydrogen-bond acceptors (Lipinski definition) is 7. The van der Waals surface area contributed by atoms with Gasteiger partial charge >= 0.3 is 6.18 Å². The highest BCUT2D eigenvalue weighted by molar-refractivity contribution is 6.06. The molecule has 1 saturated carbocycles. The van der Waals surface area contributed by atoms with E-state index in [-0.39, 0.29) is 30.2 Å². The van der Waals surface area contributed by atoms with Crippen molar-refractivity contribution in [1.82, 2.24) is 9.97 Å². The number of aliphatic imine (C=N–C) groups is 1. The standard InChI is InChI=1S/C26H30F3N5O3/c1-16(2)20(8-9-30-15-33-23-7-6-19(13-32-23)26(27,28)29)24(35)34-22-14-31-17(3)12-21(22)25(18-4-5-18)36-10-11-37-25/h6-9,12-14,16,18H,4-5,10-11,15H2,1-3H3,(H,32,33)(H,34,35)/b20-8+,30-9?. The Morgan fingerprint density at radius 3 is 2.54 bits per heavy atom. The number of anilines is 2. The van der Waals surface area contributed by atoms with Gasteiger partial charge in [-0.2, -0.15) is 13.2 Å². The van der Waals surface area contributed by atoms with Crippen LogP contribution in [0.1, 0.15) is 43.5 Å². The summed E-state index contributed by atoms with van der Waals surface area (Å²) in [6.07, 6.45) is 3.04. The average Bonchev–Trinajstić information content (AvgIpc) is 3.59. The van der Waals surface area contributed by atoms with Crippen LogP contribution in [-0.4, -0.2) is 42.0 Å². The van der Waals surface area contributed by atoms with Gasteiger partial charge < -0.3 is 20.1 Å². The number of carbonyl (C=O) groups excluding carboxylic acids is 1. The Kier molecular flexibility index (Phi) is 7.93. The molecule has 2 N–H and O–H groups in total. The van der Waals surface area contributed by atoms with E-state index >= 15 is 0 Å². The summed E-state index contributed by atoms with van der Waals surface area (Å²) in [5.41, 5.74) is 1.80. The second kappa shape index (κ2) is 11.0. The van der Waals surface area contributed by atoms with Crippen LogP contribution in [0.25, 0.3) is 0 Å². The highest BCUT2D eigenvalue weighted by Crippen LogP contribution is 2.52. The molecule has 37 heavy (non-hydrogen) atoms. The van der Waals surface area contributed by atoms with Gasteiger partial charge in [0.1, 0.15) is 12.5 Å². The van der Waals surface area contributed by atoms with Crippen molar-refractivity contribution < 1.29 is 27.4 Å². The Hall–Kier alpha value is -3.31. The number of allylic oxidation sites excluding steroid dienone is 1. The number of ether oxygens (including phenoxy) is 2. The van der Waals surface area contributed by atoms with Crippen LogP contribution in [-0.2, 0) is 26.2 Å². The van der Waals surface area contributed by atoms with Gasteiger partial charge in [-0.3, -0.25) is 14.8 Å². The molecule has 11 heteroatoms. The Morgan fingerprint density at radius 2 is 1.95 bits per heavy atom. The highest BCUT2D eigenvalue weighted by atomic mass is 19.4. The van der Waals surface area contributed by atoms with Crippen molar-refractivity contribution in [1.29, 1.82) is 0 Å². The van der Waals surface area contributed by atoms with E-state index < -0.39 is 17.5 Å². The summed E-state index contributed by atoms with van der Waals surface area (Å²) in [7, 11) is 0. The number of alkyl halides is 3. The maximum Gasteiger partial charge on any atom is 0.417 e. The highest BCUT2D eigenvalue weighted by Gasteiger charge is 2.52. The zero-order chi connectivity index (χ0) is 26.6. The lowest BCUT2D eigenvalue weighted by Crippen LogP contribution is -2.32. The molecule has 2 aromatic heterocycles. The van der Waals surface area contributed by atoms with Gasteiger partial charge in [0.05, 0.1) is 30.7 Å². The summed E-state index contributed by atoms with van der Waals surface area (Å²) < 4.78 is 50.1. The molecule has 4 rings (SSSR count). The quantitative estimate of drug-likeness (QED) is 0.356. The fourth-order valence-electron chi connectivity index (χ4n) is 4.15. The van der Waals surface area contributed by atoms with Crippen molar-refractivity contribution in [2.45, 2.75) is 45.6 Å². The number of halogens is 3. The predicted molar refractivity (Wildman–Crippen MR) is 133 cm³/mol. The number of nitrogens with zero attached hydrogens (tertiary/aromatic N) is 3. The molecule has 0 spiro atoms. The van der Waals surface area contributed by atoms with Crippen LogP contribution in [0, 0.1) is 18.8 Å². The molecule has 1 aliphatic carbocycles. The fourth-order valence-corrected chi connectivity index (χ4v) is 4.15. The van der Waals surface area contributed by atoms with E-state index in [2.05, 4.69) is 25.6 Å². The van der Waals surface area contributed by atoms with Crippen LogP contribution in [0.5, 0.6) is 0 Å². The molecule has 1 saturated heterocycles. The topological polar surface area (TPSA) is 97.7 Å². The van der Waals surface area contributed by atoms with E-state index in [9.17, 15) is 18.0 Å². The number of nitrogens with one attached hydrogen (secondary N) is 2. The summed E-state index contributed by atoms with van der Waals surface area (Å²) in [4.78, 5) is 25.5. The van der Waals surface area contributed by atoms with Crippen LogP contribution in [0.4, 0.5) is 24.7 Å². The minimum absolute atomic E-state index is 0.0759. The molecule has 0 aromatic carbocycles. The maximum atomic E-state index is 13.2. The van der Waals surface area contributed by atoms with Crippen molar-refractivity contribution in [3.8, 4) is 0 Å². The number of pyridine rings is 2.